The Balaban J connectivity index is 1.42. The van der Waals surface area contributed by atoms with E-state index >= 15 is 0 Å². The molecule has 0 bridgehead atoms. The van der Waals surface area contributed by atoms with Crippen LogP contribution >= 0.6 is 11.3 Å². The van der Waals surface area contributed by atoms with Gasteiger partial charge in [0, 0.05) is 18.0 Å². The average molecular weight is 357 g/mol. The number of nitrogens with one attached hydrogen (secondary N) is 2. The molecule has 3 aromatic rings. The van der Waals surface area contributed by atoms with Crippen molar-refractivity contribution in [2.75, 3.05) is 5.32 Å². The predicted molar refractivity (Wildman–Crippen MR) is 94.6 cm³/mol. The minimum atomic E-state index is -0.0402. The molecule has 0 atom stereocenters. The van der Waals surface area contributed by atoms with Crippen LogP contribution in [0, 0.1) is 13.8 Å². The molecule has 0 spiro atoms. The summed E-state index contributed by atoms with van der Waals surface area (Å²) in [4.78, 5) is 17.6. The third kappa shape index (κ3) is 3.34. The molecular weight excluding hydrogens is 338 g/mol. The second-order valence-electron chi connectivity index (χ2n) is 6.36. The molecule has 1 aliphatic carbocycles. The number of hydrogen-bond donors (Lipinski definition) is 2. The van der Waals surface area contributed by atoms with E-state index in [0.29, 0.717) is 24.7 Å². The minimum Gasteiger partial charge on any atom is -0.333 e. The van der Waals surface area contributed by atoms with Crippen molar-refractivity contribution in [2.45, 2.75) is 45.4 Å². The molecule has 3 heterocycles. The Morgan fingerprint density at radius 2 is 2.28 bits per heavy atom. The van der Waals surface area contributed by atoms with Crippen molar-refractivity contribution in [1.29, 1.82) is 0 Å². The summed E-state index contributed by atoms with van der Waals surface area (Å²) in [6.07, 6.45) is 3.30. The number of H-pyrrole nitrogens is 1. The zero-order chi connectivity index (χ0) is 17.4. The molecule has 25 heavy (non-hydrogen) atoms. The standard InChI is InChI=1S/C17H19N5O2S/c1-9-12(10(2)21-20-9)5-6-14(23)18-13-7-8-25-15(13)17-19-16(22-24-17)11-3-4-11/h7-8,11H,3-6H2,1-2H3,(H,18,23)(H,20,21). The predicted octanol–water partition coefficient (Wildman–Crippen LogP) is 3.59. The largest absolute Gasteiger partial charge is 0.333 e. The fourth-order valence-electron chi connectivity index (χ4n) is 2.80. The van der Waals surface area contributed by atoms with Gasteiger partial charge in [0.15, 0.2) is 5.82 Å². The van der Waals surface area contributed by atoms with Crippen molar-refractivity contribution in [1.82, 2.24) is 20.3 Å². The lowest BCUT2D eigenvalue weighted by Gasteiger charge is -2.05. The lowest BCUT2D eigenvalue weighted by Crippen LogP contribution is -2.12. The van der Waals surface area contributed by atoms with Gasteiger partial charge in [-0.1, -0.05) is 5.16 Å². The molecule has 4 rings (SSSR count). The molecule has 3 aromatic heterocycles. The summed E-state index contributed by atoms with van der Waals surface area (Å²) >= 11 is 1.48. The van der Waals surface area contributed by atoms with E-state index in [1.165, 1.54) is 11.3 Å². The first-order valence-corrected chi connectivity index (χ1v) is 9.21. The maximum atomic E-state index is 12.3. The second-order valence-corrected chi connectivity index (χ2v) is 7.27. The molecule has 1 fully saturated rings. The third-order valence-corrected chi connectivity index (χ3v) is 5.30. The van der Waals surface area contributed by atoms with Crippen molar-refractivity contribution in [3.05, 3.63) is 34.2 Å². The van der Waals surface area contributed by atoms with Gasteiger partial charge in [-0.2, -0.15) is 10.1 Å². The summed E-state index contributed by atoms with van der Waals surface area (Å²) in [5.74, 6) is 1.65. The van der Waals surface area contributed by atoms with Crippen LogP contribution in [0.1, 0.15) is 48.0 Å². The molecular formula is C17H19N5O2S. The summed E-state index contributed by atoms with van der Waals surface area (Å²) in [7, 11) is 0. The Morgan fingerprint density at radius 3 is 3.00 bits per heavy atom. The zero-order valence-corrected chi connectivity index (χ0v) is 14.9. The summed E-state index contributed by atoms with van der Waals surface area (Å²) in [5.41, 5.74) is 3.79. The highest BCUT2D eigenvalue weighted by atomic mass is 32.1. The SMILES string of the molecule is Cc1n[nH]c(C)c1CCC(=O)Nc1ccsc1-c1nc(C2CC2)no1. The summed E-state index contributed by atoms with van der Waals surface area (Å²) in [6, 6.07) is 1.87. The highest BCUT2D eigenvalue weighted by Crippen LogP contribution is 2.40. The summed E-state index contributed by atoms with van der Waals surface area (Å²) < 4.78 is 5.37. The Kier molecular flexibility index (Phi) is 4.12. The van der Waals surface area contributed by atoms with Crippen molar-refractivity contribution in [2.24, 2.45) is 0 Å². The average Bonchev–Trinajstić information content (AvgIpc) is 3.00. The maximum Gasteiger partial charge on any atom is 0.270 e. The zero-order valence-electron chi connectivity index (χ0n) is 14.1. The van der Waals surface area contributed by atoms with Gasteiger partial charge in [-0.15, -0.1) is 11.3 Å². The first-order valence-electron chi connectivity index (χ1n) is 8.33. The second kappa shape index (κ2) is 6.44. The van der Waals surface area contributed by atoms with E-state index < -0.39 is 0 Å². The molecule has 7 nitrogen and oxygen atoms in total. The van der Waals surface area contributed by atoms with Crippen LogP contribution in [0.4, 0.5) is 5.69 Å². The molecule has 1 aliphatic rings. The highest BCUT2D eigenvalue weighted by Gasteiger charge is 2.29. The Morgan fingerprint density at radius 1 is 1.44 bits per heavy atom. The molecule has 0 saturated heterocycles. The van der Waals surface area contributed by atoms with Crippen molar-refractivity contribution >= 4 is 22.9 Å². The number of thiophene rings is 1. The van der Waals surface area contributed by atoms with E-state index in [2.05, 4.69) is 25.7 Å². The van der Waals surface area contributed by atoms with Gasteiger partial charge in [-0.3, -0.25) is 9.89 Å². The number of aromatic nitrogens is 4. The lowest BCUT2D eigenvalue weighted by molar-refractivity contribution is -0.116. The van der Waals surface area contributed by atoms with Gasteiger partial charge < -0.3 is 9.84 Å². The minimum absolute atomic E-state index is 0.0402. The Bertz CT molecular complexity index is 886. The Labute approximate surface area is 148 Å². The highest BCUT2D eigenvalue weighted by molar-refractivity contribution is 7.14. The van der Waals surface area contributed by atoms with Crippen LogP contribution in [0.15, 0.2) is 16.0 Å². The normalized spacial score (nSPS) is 14.0. The van der Waals surface area contributed by atoms with E-state index in [-0.39, 0.29) is 5.91 Å². The number of nitrogens with zero attached hydrogens (tertiary/aromatic N) is 3. The van der Waals surface area contributed by atoms with Gasteiger partial charge in [0.1, 0.15) is 4.88 Å². The van der Waals surface area contributed by atoms with Gasteiger partial charge in [0.25, 0.3) is 5.89 Å². The quantitative estimate of drug-likeness (QED) is 0.703. The third-order valence-electron chi connectivity index (χ3n) is 4.40. The van der Waals surface area contributed by atoms with Gasteiger partial charge in [0.05, 0.1) is 11.4 Å². The maximum absolute atomic E-state index is 12.3. The van der Waals surface area contributed by atoms with Gasteiger partial charge in [-0.05, 0) is 50.1 Å². The van der Waals surface area contributed by atoms with Crippen LogP contribution in [-0.2, 0) is 11.2 Å². The monoisotopic (exact) mass is 357 g/mol. The number of aromatic amines is 1. The smallest absolute Gasteiger partial charge is 0.270 e. The fraction of sp³-hybridized carbons (Fsp3) is 0.412. The van der Waals surface area contributed by atoms with E-state index in [9.17, 15) is 4.79 Å². The van der Waals surface area contributed by atoms with Crippen molar-refractivity contribution in [3.8, 4) is 10.8 Å². The van der Waals surface area contributed by atoms with Crippen LogP contribution in [0.2, 0.25) is 0 Å². The van der Waals surface area contributed by atoms with Gasteiger partial charge in [-0.25, -0.2) is 0 Å². The van der Waals surface area contributed by atoms with Gasteiger partial charge >= 0.3 is 0 Å². The molecule has 1 saturated carbocycles. The summed E-state index contributed by atoms with van der Waals surface area (Å²) in [6.45, 7) is 3.91. The fourth-order valence-corrected chi connectivity index (χ4v) is 3.57. The topological polar surface area (TPSA) is 96.7 Å². The molecule has 0 unspecified atom stereocenters. The number of aryl methyl sites for hydroxylation is 2. The summed E-state index contributed by atoms with van der Waals surface area (Å²) in [5, 5.41) is 16.0. The number of hydrogen-bond acceptors (Lipinski definition) is 6. The number of rotatable bonds is 6. The van der Waals surface area contributed by atoms with E-state index in [0.717, 1.165) is 46.2 Å². The number of carbonyl (C=O) groups is 1. The van der Waals surface area contributed by atoms with Gasteiger partial charge in [0.2, 0.25) is 5.91 Å². The van der Waals surface area contributed by atoms with E-state index in [4.69, 9.17) is 4.52 Å². The number of amides is 1. The van der Waals surface area contributed by atoms with Crippen LogP contribution in [0.25, 0.3) is 10.8 Å². The number of anilines is 1. The van der Waals surface area contributed by atoms with Crippen LogP contribution in [0.5, 0.6) is 0 Å². The molecule has 0 aromatic carbocycles. The molecule has 130 valence electrons. The molecule has 2 N–H and O–H groups in total. The van der Waals surface area contributed by atoms with Crippen molar-refractivity contribution < 1.29 is 9.32 Å². The lowest BCUT2D eigenvalue weighted by atomic mass is 10.1. The molecule has 0 aliphatic heterocycles. The van der Waals surface area contributed by atoms with Crippen LogP contribution in [0.3, 0.4) is 0 Å². The van der Waals surface area contributed by atoms with Crippen LogP contribution < -0.4 is 5.32 Å². The molecule has 8 heteroatoms. The first kappa shape index (κ1) is 16.0. The van der Waals surface area contributed by atoms with Crippen molar-refractivity contribution in [3.63, 3.8) is 0 Å². The van der Waals surface area contributed by atoms with Crippen LogP contribution in [-0.4, -0.2) is 26.2 Å². The molecule has 1 amide bonds. The van der Waals surface area contributed by atoms with E-state index in [1.54, 1.807) is 0 Å². The molecule has 0 radical (unpaired) electrons. The first-order chi connectivity index (χ1) is 12.1. The van der Waals surface area contributed by atoms with E-state index in [1.807, 2.05) is 25.3 Å². The Hall–Kier alpha value is -2.48. The number of carbonyl (C=O) groups excluding carboxylic acids is 1.